The van der Waals surface area contributed by atoms with E-state index in [0.717, 1.165) is 17.7 Å². The number of nitrogens with zero attached hydrogens (tertiary/aromatic N) is 1. The van der Waals surface area contributed by atoms with E-state index in [2.05, 4.69) is 41.5 Å². The number of carbonyl (C=O) groups is 1. The van der Waals surface area contributed by atoms with Crippen LogP contribution in [0.15, 0.2) is 30.5 Å². The average molecular weight is 337 g/mol. The maximum absolute atomic E-state index is 11.5. The fourth-order valence-corrected chi connectivity index (χ4v) is 2.96. The van der Waals surface area contributed by atoms with E-state index in [1.165, 1.54) is 35.3 Å². The van der Waals surface area contributed by atoms with Gasteiger partial charge in [0.2, 0.25) is 5.91 Å². The molecule has 1 atom stereocenters. The average Bonchev–Trinajstić information content (AvgIpc) is 2.93. The van der Waals surface area contributed by atoms with Gasteiger partial charge >= 0.3 is 0 Å². The number of rotatable bonds is 7. The Labute approximate surface area is 140 Å². The minimum absolute atomic E-state index is 0.220. The highest BCUT2D eigenvalue weighted by Crippen LogP contribution is 2.22. The Bertz CT molecular complexity index is 607. The van der Waals surface area contributed by atoms with Gasteiger partial charge in [0.1, 0.15) is 5.38 Å². The van der Waals surface area contributed by atoms with Crippen molar-refractivity contribution in [2.24, 2.45) is 0 Å². The molecule has 5 heteroatoms. The number of unbranched alkanes of at least 4 members (excludes halogenated alkanes) is 1. The molecule has 0 spiro atoms. The highest BCUT2D eigenvalue weighted by molar-refractivity contribution is 7.15. The Morgan fingerprint density at radius 2 is 2.00 bits per heavy atom. The number of hydrogen-bond donors (Lipinski definition) is 1. The summed E-state index contributed by atoms with van der Waals surface area (Å²) in [6, 6.07) is 8.74. The van der Waals surface area contributed by atoms with Crippen molar-refractivity contribution in [3.63, 3.8) is 0 Å². The van der Waals surface area contributed by atoms with Crippen molar-refractivity contribution in [1.29, 1.82) is 0 Å². The molecule has 0 aliphatic heterocycles. The van der Waals surface area contributed by atoms with Crippen LogP contribution in [0.2, 0.25) is 0 Å². The van der Waals surface area contributed by atoms with Crippen molar-refractivity contribution in [1.82, 2.24) is 4.98 Å². The van der Waals surface area contributed by atoms with E-state index in [4.69, 9.17) is 11.6 Å². The molecule has 2 rings (SSSR count). The van der Waals surface area contributed by atoms with Crippen LogP contribution in [-0.2, 0) is 17.6 Å². The molecule has 1 heterocycles. The second-order valence-corrected chi connectivity index (χ2v) is 7.10. The lowest BCUT2D eigenvalue weighted by atomic mass is 10.0. The third kappa shape index (κ3) is 5.11. The molecule has 22 heavy (non-hydrogen) atoms. The molecule has 0 saturated heterocycles. The van der Waals surface area contributed by atoms with E-state index < -0.39 is 5.38 Å². The van der Waals surface area contributed by atoms with Crippen LogP contribution in [-0.4, -0.2) is 16.3 Å². The quantitative estimate of drug-likeness (QED) is 0.748. The van der Waals surface area contributed by atoms with Crippen molar-refractivity contribution in [3.8, 4) is 0 Å². The fourth-order valence-electron chi connectivity index (χ4n) is 2.06. The number of anilines is 1. The number of aromatic nitrogens is 1. The molecule has 1 amide bonds. The third-order valence-corrected chi connectivity index (χ3v) is 4.48. The second-order valence-electron chi connectivity index (χ2n) is 5.33. The molecule has 0 aliphatic rings. The summed E-state index contributed by atoms with van der Waals surface area (Å²) in [5.41, 5.74) is 2.64. The summed E-state index contributed by atoms with van der Waals surface area (Å²) in [6.45, 7) is 3.85. The van der Waals surface area contributed by atoms with E-state index >= 15 is 0 Å². The van der Waals surface area contributed by atoms with E-state index in [1.54, 1.807) is 6.92 Å². The lowest BCUT2D eigenvalue weighted by Crippen LogP contribution is -2.19. The normalized spacial score (nSPS) is 12.1. The van der Waals surface area contributed by atoms with Crippen LogP contribution in [0.25, 0.3) is 0 Å². The minimum atomic E-state index is -0.553. The standard InChI is InChI=1S/C17H21ClN2OS/c1-3-4-5-13-6-8-14(9-7-13)10-15-11-19-17(22-15)20-16(21)12(2)18/h6-9,11-12H,3-5,10H2,1-2H3,(H,19,20,21). The van der Waals surface area contributed by atoms with Gasteiger partial charge in [0.15, 0.2) is 5.13 Å². The summed E-state index contributed by atoms with van der Waals surface area (Å²) in [7, 11) is 0. The summed E-state index contributed by atoms with van der Waals surface area (Å²) in [6.07, 6.45) is 6.24. The maximum Gasteiger partial charge on any atom is 0.243 e. The highest BCUT2D eigenvalue weighted by Gasteiger charge is 2.11. The Kier molecular flexibility index (Phi) is 6.40. The summed E-state index contributed by atoms with van der Waals surface area (Å²) < 4.78 is 0. The molecule has 2 aromatic rings. The molecule has 0 bridgehead atoms. The number of amides is 1. The van der Waals surface area contributed by atoms with E-state index in [1.807, 2.05) is 6.20 Å². The molecule has 1 unspecified atom stereocenters. The van der Waals surface area contributed by atoms with Crippen molar-refractivity contribution >= 4 is 34.0 Å². The van der Waals surface area contributed by atoms with E-state index in [0.29, 0.717) is 5.13 Å². The number of alkyl halides is 1. The highest BCUT2D eigenvalue weighted by atomic mass is 35.5. The number of carbonyl (C=O) groups excluding carboxylic acids is 1. The van der Waals surface area contributed by atoms with Crippen LogP contribution >= 0.6 is 22.9 Å². The zero-order chi connectivity index (χ0) is 15.9. The minimum Gasteiger partial charge on any atom is -0.301 e. The summed E-state index contributed by atoms with van der Waals surface area (Å²) in [5.74, 6) is -0.220. The van der Waals surface area contributed by atoms with Crippen molar-refractivity contribution in [2.45, 2.75) is 44.9 Å². The largest absolute Gasteiger partial charge is 0.301 e. The zero-order valence-corrected chi connectivity index (χ0v) is 14.5. The van der Waals surface area contributed by atoms with Crippen LogP contribution in [0.1, 0.15) is 42.7 Å². The van der Waals surface area contributed by atoms with E-state index in [9.17, 15) is 4.79 Å². The van der Waals surface area contributed by atoms with Crippen LogP contribution in [0.3, 0.4) is 0 Å². The number of hydrogen-bond acceptors (Lipinski definition) is 3. The van der Waals surface area contributed by atoms with Gasteiger partial charge in [-0.3, -0.25) is 4.79 Å². The Morgan fingerprint density at radius 1 is 1.32 bits per heavy atom. The summed E-state index contributed by atoms with van der Waals surface area (Å²) in [4.78, 5) is 16.9. The predicted octanol–water partition coefficient (Wildman–Crippen LogP) is 4.64. The molecular weight excluding hydrogens is 316 g/mol. The second kappa shape index (κ2) is 8.30. The van der Waals surface area contributed by atoms with Gasteiger partial charge in [-0.25, -0.2) is 4.98 Å². The Morgan fingerprint density at radius 3 is 2.64 bits per heavy atom. The predicted molar refractivity (Wildman–Crippen MR) is 93.9 cm³/mol. The van der Waals surface area contributed by atoms with E-state index in [-0.39, 0.29) is 5.91 Å². The molecule has 3 nitrogen and oxygen atoms in total. The molecule has 1 aromatic heterocycles. The molecule has 1 N–H and O–H groups in total. The lowest BCUT2D eigenvalue weighted by molar-refractivity contribution is -0.115. The molecule has 0 saturated carbocycles. The number of halogens is 1. The van der Waals surface area contributed by atoms with Gasteiger partial charge < -0.3 is 5.32 Å². The molecule has 1 aromatic carbocycles. The smallest absolute Gasteiger partial charge is 0.243 e. The molecule has 0 aliphatic carbocycles. The van der Waals surface area contributed by atoms with Crippen LogP contribution in [0.5, 0.6) is 0 Å². The van der Waals surface area contributed by atoms with Crippen LogP contribution in [0, 0.1) is 0 Å². The Hall–Kier alpha value is -1.39. The zero-order valence-electron chi connectivity index (χ0n) is 12.9. The summed E-state index contributed by atoms with van der Waals surface area (Å²) >= 11 is 7.22. The first-order chi connectivity index (χ1) is 10.6. The van der Waals surface area contributed by atoms with Gasteiger partial charge in [-0.2, -0.15) is 0 Å². The first-order valence-corrected chi connectivity index (χ1v) is 8.81. The number of aryl methyl sites for hydroxylation is 1. The van der Waals surface area contributed by atoms with Crippen molar-refractivity contribution < 1.29 is 4.79 Å². The van der Waals surface area contributed by atoms with Gasteiger partial charge in [-0.1, -0.05) is 37.6 Å². The van der Waals surface area contributed by atoms with Gasteiger partial charge in [0.25, 0.3) is 0 Å². The molecule has 0 radical (unpaired) electrons. The fraction of sp³-hybridized carbons (Fsp3) is 0.412. The summed E-state index contributed by atoms with van der Waals surface area (Å²) in [5, 5.41) is 2.77. The van der Waals surface area contributed by atoms with Gasteiger partial charge in [-0.05, 0) is 30.9 Å². The lowest BCUT2D eigenvalue weighted by Gasteiger charge is -2.03. The third-order valence-electron chi connectivity index (χ3n) is 3.37. The van der Waals surface area contributed by atoms with Crippen molar-refractivity contribution in [2.75, 3.05) is 5.32 Å². The van der Waals surface area contributed by atoms with Crippen LogP contribution in [0.4, 0.5) is 5.13 Å². The number of thiazole rings is 1. The molecule has 118 valence electrons. The number of benzene rings is 1. The SMILES string of the molecule is CCCCc1ccc(Cc2cnc(NC(=O)C(C)Cl)s2)cc1. The number of nitrogens with one attached hydrogen (secondary N) is 1. The van der Waals surface area contributed by atoms with Gasteiger partial charge in [0.05, 0.1) is 0 Å². The van der Waals surface area contributed by atoms with Gasteiger partial charge in [-0.15, -0.1) is 22.9 Å². The van der Waals surface area contributed by atoms with Gasteiger partial charge in [0, 0.05) is 17.5 Å². The first-order valence-electron chi connectivity index (χ1n) is 7.56. The maximum atomic E-state index is 11.5. The molecular formula is C17H21ClN2OS. The molecule has 0 fully saturated rings. The Balaban J connectivity index is 1.93. The monoisotopic (exact) mass is 336 g/mol. The van der Waals surface area contributed by atoms with Crippen molar-refractivity contribution in [3.05, 3.63) is 46.5 Å². The van der Waals surface area contributed by atoms with Crippen LogP contribution < -0.4 is 5.32 Å². The first kappa shape index (κ1) is 17.0. The topological polar surface area (TPSA) is 42.0 Å².